The number of hydrogen-bond donors (Lipinski definition) is 1. The molecule has 0 spiro atoms. The van der Waals surface area contributed by atoms with Crippen molar-refractivity contribution in [2.24, 2.45) is 17.8 Å². The molecular weight excluding hydrogens is 246 g/mol. The van der Waals surface area contributed by atoms with Crippen LogP contribution < -0.4 is 5.32 Å². The summed E-state index contributed by atoms with van der Waals surface area (Å²) in [5.41, 5.74) is 0. The second kappa shape index (κ2) is 5.63. The maximum absolute atomic E-state index is 12.2. The van der Waals surface area contributed by atoms with Crippen molar-refractivity contribution in [3.05, 3.63) is 0 Å². The van der Waals surface area contributed by atoms with Gasteiger partial charge in [-0.05, 0) is 18.8 Å². The lowest BCUT2D eigenvalue weighted by atomic mass is 9.76. The second-order valence-corrected chi connectivity index (χ2v) is 5.70. The molecule has 2 rings (SSSR count). The molecule has 0 aromatic heterocycles. The van der Waals surface area contributed by atoms with Crippen LogP contribution in [-0.2, 0) is 19.2 Å². The minimum atomic E-state index is -0.510. The van der Waals surface area contributed by atoms with Crippen LogP contribution >= 0.6 is 0 Å². The Hall–Kier alpha value is -1.52. The summed E-state index contributed by atoms with van der Waals surface area (Å²) >= 11 is 0. The van der Waals surface area contributed by atoms with Gasteiger partial charge in [0.15, 0.2) is 0 Å². The van der Waals surface area contributed by atoms with Crippen LogP contribution in [0.15, 0.2) is 0 Å². The first-order valence-electron chi connectivity index (χ1n) is 6.86. The Morgan fingerprint density at radius 3 is 2.42 bits per heavy atom. The predicted molar refractivity (Wildman–Crippen MR) is 67.0 cm³/mol. The van der Waals surface area contributed by atoms with Gasteiger partial charge >= 0.3 is 0 Å². The van der Waals surface area contributed by atoms with Gasteiger partial charge in [-0.3, -0.25) is 24.5 Å². The molecule has 0 aromatic rings. The van der Waals surface area contributed by atoms with Crippen LogP contribution in [0.5, 0.6) is 0 Å². The Morgan fingerprint density at radius 2 is 1.79 bits per heavy atom. The van der Waals surface area contributed by atoms with Crippen LogP contribution in [0.25, 0.3) is 0 Å². The van der Waals surface area contributed by atoms with E-state index in [0.29, 0.717) is 6.42 Å². The molecule has 1 saturated heterocycles. The lowest BCUT2D eigenvalue weighted by Gasteiger charge is -2.26. The Bertz CT molecular complexity index is 413. The van der Waals surface area contributed by atoms with Crippen molar-refractivity contribution in [1.29, 1.82) is 0 Å². The van der Waals surface area contributed by atoms with Crippen LogP contribution in [0, 0.1) is 17.8 Å². The number of amides is 2. The quantitative estimate of drug-likeness (QED) is 0.610. The number of carbonyl (C=O) groups is 4. The molecule has 2 unspecified atom stereocenters. The third-order valence-electron chi connectivity index (χ3n) is 4.06. The number of hydrogen-bond acceptors (Lipinski definition) is 4. The van der Waals surface area contributed by atoms with Crippen LogP contribution in [-0.4, -0.2) is 23.4 Å². The highest BCUT2D eigenvalue weighted by atomic mass is 16.2. The van der Waals surface area contributed by atoms with E-state index in [0.717, 1.165) is 12.8 Å². The average Bonchev–Trinajstić information content (AvgIpc) is 2.31. The van der Waals surface area contributed by atoms with E-state index >= 15 is 0 Å². The molecule has 5 heteroatoms. The molecule has 1 aliphatic carbocycles. The zero-order valence-corrected chi connectivity index (χ0v) is 11.1. The number of ketones is 2. The third-order valence-corrected chi connectivity index (χ3v) is 4.06. The molecule has 0 radical (unpaired) electrons. The molecule has 1 heterocycles. The van der Waals surface area contributed by atoms with Crippen molar-refractivity contribution >= 4 is 23.4 Å². The molecule has 1 N–H and O–H groups in total. The summed E-state index contributed by atoms with van der Waals surface area (Å²) in [4.78, 5) is 46.6. The SMILES string of the molecule is CC1CCCC(C(=O)CC2CC(=O)NC(=O)C2)C1=O. The zero-order chi connectivity index (χ0) is 14.0. The van der Waals surface area contributed by atoms with E-state index in [2.05, 4.69) is 5.32 Å². The van der Waals surface area contributed by atoms with Gasteiger partial charge in [0.1, 0.15) is 11.6 Å². The Labute approximate surface area is 112 Å². The van der Waals surface area contributed by atoms with Crippen molar-refractivity contribution in [3.8, 4) is 0 Å². The Kier molecular flexibility index (Phi) is 4.12. The fourth-order valence-electron chi connectivity index (χ4n) is 3.00. The molecule has 104 valence electrons. The van der Waals surface area contributed by atoms with Gasteiger partial charge in [-0.15, -0.1) is 0 Å². The van der Waals surface area contributed by atoms with Crippen molar-refractivity contribution < 1.29 is 19.2 Å². The average molecular weight is 265 g/mol. The smallest absolute Gasteiger partial charge is 0.226 e. The molecule has 0 aromatic carbocycles. The summed E-state index contributed by atoms with van der Waals surface area (Å²) in [5, 5.41) is 2.22. The molecule has 2 fully saturated rings. The fourth-order valence-corrected chi connectivity index (χ4v) is 3.00. The highest BCUT2D eigenvalue weighted by molar-refractivity contribution is 6.04. The molecule has 0 bridgehead atoms. The van der Waals surface area contributed by atoms with Crippen molar-refractivity contribution in [1.82, 2.24) is 5.32 Å². The van der Waals surface area contributed by atoms with Gasteiger partial charge in [0.2, 0.25) is 11.8 Å². The maximum atomic E-state index is 12.2. The Balaban J connectivity index is 1.95. The van der Waals surface area contributed by atoms with Crippen molar-refractivity contribution in [2.75, 3.05) is 0 Å². The topological polar surface area (TPSA) is 80.3 Å². The monoisotopic (exact) mass is 265 g/mol. The van der Waals surface area contributed by atoms with Gasteiger partial charge in [-0.2, -0.15) is 0 Å². The minimum absolute atomic E-state index is 0.0304. The van der Waals surface area contributed by atoms with E-state index in [1.54, 1.807) is 0 Å². The highest BCUT2D eigenvalue weighted by Crippen LogP contribution is 2.29. The van der Waals surface area contributed by atoms with Crippen LogP contribution in [0.2, 0.25) is 0 Å². The van der Waals surface area contributed by atoms with Gasteiger partial charge in [-0.1, -0.05) is 13.3 Å². The van der Waals surface area contributed by atoms with Gasteiger partial charge in [0.25, 0.3) is 0 Å². The minimum Gasteiger partial charge on any atom is -0.299 e. The van der Waals surface area contributed by atoms with Crippen molar-refractivity contribution in [3.63, 3.8) is 0 Å². The summed E-state index contributed by atoms with van der Waals surface area (Å²) in [6.45, 7) is 1.86. The van der Waals surface area contributed by atoms with Crippen LogP contribution in [0.4, 0.5) is 0 Å². The van der Waals surface area contributed by atoms with E-state index < -0.39 is 5.92 Å². The standard InChI is InChI=1S/C14H19NO4/c1-8-3-2-4-10(14(8)19)11(16)5-9-6-12(17)15-13(18)7-9/h8-10H,2-7H2,1H3,(H,15,17,18). The fraction of sp³-hybridized carbons (Fsp3) is 0.714. The lowest BCUT2D eigenvalue weighted by molar-refractivity contribution is -0.138. The molecular formula is C14H19NO4. The van der Waals surface area contributed by atoms with E-state index in [9.17, 15) is 19.2 Å². The molecule has 2 atom stereocenters. The first-order valence-corrected chi connectivity index (χ1v) is 6.86. The predicted octanol–water partition coefficient (Wildman–Crippen LogP) is 1.00. The third kappa shape index (κ3) is 3.28. The summed E-state index contributed by atoms with van der Waals surface area (Å²) in [7, 11) is 0. The molecule has 1 aliphatic heterocycles. The van der Waals surface area contributed by atoms with Gasteiger partial charge in [0, 0.05) is 25.2 Å². The van der Waals surface area contributed by atoms with Gasteiger partial charge < -0.3 is 0 Å². The van der Waals surface area contributed by atoms with Crippen LogP contribution in [0.3, 0.4) is 0 Å². The molecule has 19 heavy (non-hydrogen) atoms. The molecule has 2 aliphatic rings. The summed E-state index contributed by atoms with van der Waals surface area (Å²) < 4.78 is 0. The number of carbonyl (C=O) groups excluding carboxylic acids is 4. The van der Waals surface area contributed by atoms with E-state index in [1.165, 1.54) is 0 Å². The lowest BCUT2D eigenvalue weighted by Crippen LogP contribution is -2.40. The van der Waals surface area contributed by atoms with Crippen molar-refractivity contribution in [2.45, 2.75) is 45.4 Å². The highest BCUT2D eigenvalue weighted by Gasteiger charge is 2.35. The largest absolute Gasteiger partial charge is 0.299 e. The van der Waals surface area contributed by atoms with Crippen LogP contribution in [0.1, 0.15) is 45.4 Å². The number of imide groups is 1. The van der Waals surface area contributed by atoms with E-state index in [4.69, 9.17) is 0 Å². The first-order chi connectivity index (χ1) is 8.97. The number of piperidine rings is 1. The number of Topliss-reactive ketones (excluding diaryl/α,β-unsaturated/α-hetero) is 2. The van der Waals surface area contributed by atoms with E-state index in [1.807, 2.05) is 6.92 Å². The Morgan fingerprint density at radius 1 is 1.16 bits per heavy atom. The second-order valence-electron chi connectivity index (χ2n) is 5.70. The normalized spacial score (nSPS) is 29.2. The first kappa shape index (κ1) is 13.9. The van der Waals surface area contributed by atoms with Gasteiger partial charge in [-0.25, -0.2) is 0 Å². The van der Waals surface area contributed by atoms with Gasteiger partial charge in [0.05, 0.1) is 5.92 Å². The number of rotatable bonds is 3. The molecule has 2 amide bonds. The zero-order valence-electron chi connectivity index (χ0n) is 11.1. The summed E-state index contributed by atoms with van der Waals surface area (Å²) in [6.07, 6.45) is 2.94. The number of nitrogens with one attached hydrogen (secondary N) is 1. The summed E-state index contributed by atoms with van der Waals surface area (Å²) in [5.74, 6) is -1.50. The maximum Gasteiger partial charge on any atom is 0.226 e. The molecule has 5 nitrogen and oxygen atoms in total. The van der Waals surface area contributed by atoms with E-state index in [-0.39, 0.29) is 54.5 Å². The molecule has 1 saturated carbocycles. The summed E-state index contributed by atoms with van der Waals surface area (Å²) in [6, 6.07) is 0.